The molecule has 0 unspecified atom stereocenters. The van der Waals surface area contributed by atoms with Gasteiger partial charge in [-0.1, -0.05) is 32.0 Å². The van der Waals surface area contributed by atoms with E-state index in [1.54, 1.807) is 11.3 Å². The highest BCUT2D eigenvalue weighted by atomic mass is 32.1. The Balaban J connectivity index is 1.84. The summed E-state index contributed by atoms with van der Waals surface area (Å²) in [7, 11) is 0. The average Bonchev–Trinajstić information content (AvgIpc) is 3.12. The maximum atomic E-state index is 3.53. The number of para-hydroxylation sites is 1. The zero-order valence-electron chi connectivity index (χ0n) is 12.7. The minimum Gasteiger partial charge on any atom is -0.347 e. The largest absolute Gasteiger partial charge is 0.347 e. The monoisotopic (exact) mass is 298 g/mol. The molecule has 0 saturated carbocycles. The van der Waals surface area contributed by atoms with Gasteiger partial charge >= 0.3 is 0 Å². The van der Waals surface area contributed by atoms with Crippen LogP contribution < -0.4 is 5.32 Å². The molecule has 1 aromatic carbocycles. The number of fused-ring (bicyclic) bond motifs is 1. The summed E-state index contributed by atoms with van der Waals surface area (Å²) in [5, 5.41) is 9.26. The molecule has 2 heterocycles. The van der Waals surface area contributed by atoms with Crippen molar-refractivity contribution in [3.8, 4) is 0 Å². The number of hydrogen-bond acceptors (Lipinski definition) is 2. The van der Waals surface area contributed by atoms with Crippen LogP contribution in [0.1, 0.15) is 25.0 Å². The van der Waals surface area contributed by atoms with Crippen LogP contribution >= 0.6 is 11.3 Å². The zero-order chi connectivity index (χ0) is 14.7. The van der Waals surface area contributed by atoms with Crippen molar-refractivity contribution in [2.45, 2.75) is 39.4 Å². The van der Waals surface area contributed by atoms with E-state index >= 15 is 0 Å². The van der Waals surface area contributed by atoms with Gasteiger partial charge < -0.3 is 9.88 Å². The first-order chi connectivity index (χ1) is 10.2. The van der Waals surface area contributed by atoms with Crippen molar-refractivity contribution in [2.24, 2.45) is 0 Å². The first-order valence-electron chi connectivity index (χ1n) is 7.55. The van der Waals surface area contributed by atoms with Crippen LogP contribution in [0.3, 0.4) is 0 Å². The fourth-order valence-corrected chi connectivity index (χ4v) is 3.37. The molecule has 0 atom stereocenters. The van der Waals surface area contributed by atoms with E-state index in [0.29, 0.717) is 6.04 Å². The van der Waals surface area contributed by atoms with E-state index in [9.17, 15) is 0 Å². The summed E-state index contributed by atoms with van der Waals surface area (Å²) >= 11 is 1.78. The molecule has 0 spiro atoms. The maximum Gasteiger partial charge on any atom is 0.0525 e. The van der Waals surface area contributed by atoms with Crippen LogP contribution in [0.5, 0.6) is 0 Å². The molecule has 0 amide bonds. The third-order valence-electron chi connectivity index (χ3n) is 3.79. The van der Waals surface area contributed by atoms with Crippen LogP contribution in [0.2, 0.25) is 0 Å². The predicted molar refractivity (Wildman–Crippen MR) is 91.9 cm³/mol. The van der Waals surface area contributed by atoms with Gasteiger partial charge in [0.1, 0.15) is 0 Å². The summed E-state index contributed by atoms with van der Waals surface area (Å²) in [6, 6.07) is 11.5. The molecule has 3 aromatic rings. The van der Waals surface area contributed by atoms with Crippen LogP contribution in [0, 0.1) is 0 Å². The highest BCUT2D eigenvalue weighted by Crippen LogP contribution is 2.21. The minimum atomic E-state index is 0.509. The second kappa shape index (κ2) is 6.46. The molecule has 0 aliphatic carbocycles. The van der Waals surface area contributed by atoms with Crippen LogP contribution in [0.25, 0.3) is 10.9 Å². The second-order valence-corrected chi connectivity index (χ2v) is 6.56. The Morgan fingerprint density at radius 2 is 2.10 bits per heavy atom. The van der Waals surface area contributed by atoms with Crippen molar-refractivity contribution in [2.75, 3.05) is 0 Å². The van der Waals surface area contributed by atoms with Crippen molar-refractivity contribution in [3.63, 3.8) is 0 Å². The van der Waals surface area contributed by atoms with Gasteiger partial charge in [0.25, 0.3) is 0 Å². The first-order valence-corrected chi connectivity index (χ1v) is 8.49. The quantitative estimate of drug-likeness (QED) is 0.711. The molecular weight excluding hydrogens is 276 g/mol. The fourth-order valence-electron chi connectivity index (χ4n) is 2.67. The lowest BCUT2D eigenvalue weighted by Gasteiger charge is -2.12. The molecule has 3 heteroatoms. The van der Waals surface area contributed by atoms with Crippen molar-refractivity contribution in [3.05, 3.63) is 58.4 Å². The predicted octanol–water partition coefficient (Wildman–Crippen LogP) is 4.44. The molecule has 2 aromatic heterocycles. The lowest BCUT2D eigenvalue weighted by molar-refractivity contribution is 0.588. The van der Waals surface area contributed by atoms with E-state index in [-0.39, 0.29) is 0 Å². The summed E-state index contributed by atoms with van der Waals surface area (Å²) in [4.78, 5) is 0. The van der Waals surface area contributed by atoms with Gasteiger partial charge in [-0.05, 0) is 45.8 Å². The smallest absolute Gasteiger partial charge is 0.0525 e. The second-order valence-electron chi connectivity index (χ2n) is 5.78. The Morgan fingerprint density at radius 1 is 1.19 bits per heavy atom. The van der Waals surface area contributed by atoms with E-state index in [1.165, 1.54) is 22.0 Å². The standard InChI is InChI=1S/C18H22N2S/c1-14(2)19-12-17-5-3-4-16-7-10-20(18(16)17)9-6-15-8-11-21-13-15/h3-5,7-8,10-11,13-14,19H,6,9,12H2,1-2H3. The molecular formula is C18H22N2S. The number of nitrogens with zero attached hydrogens (tertiary/aromatic N) is 1. The van der Waals surface area contributed by atoms with Crippen LogP contribution in [0.15, 0.2) is 47.3 Å². The third kappa shape index (κ3) is 3.36. The summed E-state index contributed by atoms with van der Waals surface area (Å²) in [5.41, 5.74) is 4.19. The van der Waals surface area contributed by atoms with Gasteiger partial charge in [0.05, 0.1) is 5.52 Å². The highest BCUT2D eigenvalue weighted by Gasteiger charge is 2.07. The Kier molecular flexibility index (Phi) is 4.42. The molecule has 3 rings (SSSR count). The molecule has 0 bridgehead atoms. The first kappa shape index (κ1) is 14.4. The topological polar surface area (TPSA) is 17.0 Å². The summed E-state index contributed by atoms with van der Waals surface area (Å²) in [6.07, 6.45) is 3.31. The Hall–Kier alpha value is -1.58. The van der Waals surface area contributed by atoms with Crippen molar-refractivity contribution in [1.82, 2.24) is 9.88 Å². The number of aromatic nitrogens is 1. The number of benzene rings is 1. The summed E-state index contributed by atoms with van der Waals surface area (Å²) in [5.74, 6) is 0. The molecule has 0 fully saturated rings. The van der Waals surface area contributed by atoms with Crippen molar-refractivity contribution >= 4 is 22.2 Å². The van der Waals surface area contributed by atoms with Gasteiger partial charge in [-0.3, -0.25) is 0 Å². The van der Waals surface area contributed by atoms with E-state index in [4.69, 9.17) is 0 Å². The van der Waals surface area contributed by atoms with Gasteiger partial charge in [-0.2, -0.15) is 11.3 Å². The minimum absolute atomic E-state index is 0.509. The molecule has 110 valence electrons. The Labute approximate surface area is 130 Å². The van der Waals surface area contributed by atoms with Gasteiger partial charge in [0, 0.05) is 25.3 Å². The summed E-state index contributed by atoms with van der Waals surface area (Å²) < 4.78 is 2.39. The van der Waals surface area contributed by atoms with Crippen LogP contribution in [-0.2, 0) is 19.5 Å². The molecule has 0 radical (unpaired) electrons. The molecule has 21 heavy (non-hydrogen) atoms. The lowest BCUT2D eigenvalue weighted by Crippen LogP contribution is -2.22. The number of hydrogen-bond donors (Lipinski definition) is 1. The zero-order valence-corrected chi connectivity index (χ0v) is 13.5. The molecule has 1 N–H and O–H groups in total. The number of aryl methyl sites for hydroxylation is 2. The highest BCUT2D eigenvalue weighted by molar-refractivity contribution is 7.07. The van der Waals surface area contributed by atoms with Gasteiger partial charge in [-0.15, -0.1) is 0 Å². The lowest BCUT2D eigenvalue weighted by atomic mass is 10.1. The van der Waals surface area contributed by atoms with Gasteiger partial charge in [0.15, 0.2) is 0 Å². The van der Waals surface area contributed by atoms with E-state index in [1.807, 2.05) is 0 Å². The van der Waals surface area contributed by atoms with E-state index in [0.717, 1.165) is 19.5 Å². The van der Waals surface area contributed by atoms with E-state index in [2.05, 4.69) is 71.0 Å². The molecule has 0 aliphatic rings. The maximum absolute atomic E-state index is 3.53. The molecule has 2 nitrogen and oxygen atoms in total. The normalized spacial score (nSPS) is 11.6. The molecule has 0 saturated heterocycles. The van der Waals surface area contributed by atoms with Crippen molar-refractivity contribution < 1.29 is 0 Å². The third-order valence-corrected chi connectivity index (χ3v) is 4.53. The van der Waals surface area contributed by atoms with Crippen LogP contribution in [0.4, 0.5) is 0 Å². The molecule has 0 aliphatic heterocycles. The SMILES string of the molecule is CC(C)NCc1cccc2ccn(CCc3ccsc3)c12. The Bertz CT molecular complexity index is 695. The Morgan fingerprint density at radius 3 is 2.86 bits per heavy atom. The number of thiophene rings is 1. The number of nitrogens with one attached hydrogen (secondary N) is 1. The van der Waals surface area contributed by atoms with Crippen molar-refractivity contribution in [1.29, 1.82) is 0 Å². The van der Waals surface area contributed by atoms with Gasteiger partial charge in [-0.25, -0.2) is 0 Å². The van der Waals surface area contributed by atoms with Crippen LogP contribution in [-0.4, -0.2) is 10.6 Å². The summed E-state index contributed by atoms with van der Waals surface area (Å²) in [6.45, 7) is 6.35. The van der Waals surface area contributed by atoms with E-state index < -0.39 is 0 Å². The average molecular weight is 298 g/mol. The van der Waals surface area contributed by atoms with Gasteiger partial charge in [0.2, 0.25) is 0 Å². The number of rotatable bonds is 6. The fraction of sp³-hybridized carbons (Fsp3) is 0.333.